The first-order chi connectivity index (χ1) is 26.9. The second-order valence-electron chi connectivity index (χ2n) is 16.0. The summed E-state index contributed by atoms with van der Waals surface area (Å²) in [6, 6.07) is 13.0. The third-order valence-electron chi connectivity index (χ3n) is 12.1. The average Bonchev–Trinajstić information content (AvgIpc) is 3.18. The molecular weight excluding hydrogens is 687 g/mol. The highest BCUT2D eigenvalue weighted by atomic mass is 16.6. The van der Waals surface area contributed by atoms with Crippen molar-refractivity contribution < 1.29 is 28.7 Å². The molecule has 0 aliphatic carbocycles. The summed E-state index contributed by atoms with van der Waals surface area (Å²) in [5, 5.41) is 6.48. The Bertz CT molecular complexity index is 2160. The molecule has 7 nitrogen and oxygen atoms in total. The normalized spacial score (nSPS) is 13.9. The lowest BCUT2D eigenvalue weighted by Gasteiger charge is -2.30. The van der Waals surface area contributed by atoms with Crippen LogP contribution in [0.15, 0.2) is 42.5 Å². The number of anilines is 1. The van der Waals surface area contributed by atoms with Crippen molar-refractivity contribution in [2.45, 2.75) is 142 Å². The Morgan fingerprint density at radius 1 is 0.382 bits per heavy atom. The first-order valence-electron chi connectivity index (χ1n) is 21.5. The maximum absolute atomic E-state index is 13.6. The summed E-state index contributed by atoms with van der Waals surface area (Å²) in [5.74, 6) is -2.55. The van der Waals surface area contributed by atoms with Gasteiger partial charge in [0, 0.05) is 40.3 Å². The number of unbranched alkanes of at least 4 members (excludes halogenated alkanes) is 18. The number of benzene rings is 5. The summed E-state index contributed by atoms with van der Waals surface area (Å²) in [7, 11) is 0. The molecule has 0 amide bonds. The lowest BCUT2D eigenvalue weighted by molar-refractivity contribution is 0.0373. The molecule has 0 fully saturated rings. The number of carbonyl (C=O) groups excluding carboxylic acids is 4. The zero-order chi connectivity index (χ0) is 38.3. The lowest BCUT2D eigenvalue weighted by atomic mass is 9.82. The highest BCUT2D eigenvalue weighted by molar-refractivity contribution is 6.41. The van der Waals surface area contributed by atoms with Gasteiger partial charge in [-0.25, -0.2) is 19.2 Å². The fraction of sp³-hybridized carbons (Fsp3) is 0.500. The summed E-state index contributed by atoms with van der Waals surface area (Å²) in [5.41, 5.74) is 2.48. The SMILES string of the molecule is CCCCCCCCCCCCN(CCCCCCCCCCCC)c1cc2c3c(ccc4c5ccc6c7c(ccc(c1c34)c75)C(=O)OC6=O)C(=O)OC2=O. The van der Waals surface area contributed by atoms with E-state index in [1.54, 1.807) is 18.2 Å². The second kappa shape index (κ2) is 18.0. The first kappa shape index (κ1) is 38.7. The molecule has 290 valence electrons. The van der Waals surface area contributed by atoms with Crippen molar-refractivity contribution >= 4 is 72.7 Å². The summed E-state index contributed by atoms with van der Waals surface area (Å²) in [4.78, 5) is 55.3. The summed E-state index contributed by atoms with van der Waals surface area (Å²) < 4.78 is 10.4. The van der Waals surface area contributed by atoms with Crippen molar-refractivity contribution in [3.8, 4) is 0 Å². The van der Waals surface area contributed by atoms with Gasteiger partial charge in [-0.15, -0.1) is 0 Å². The molecule has 5 aromatic carbocycles. The van der Waals surface area contributed by atoms with Gasteiger partial charge in [0.15, 0.2) is 0 Å². The topological polar surface area (TPSA) is 90.0 Å². The van der Waals surface area contributed by atoms with E-state index in [1.165, 1.54) is 103 Å². The van der Waals surface area contributed by atoms with Gasteiger partial charge in [-0.1, -0.05) is 148 Å². The molecule has 7 heteroatoms. The van der Waals surface area contributed by atoms with Gasteiger partial charge in [0.1, 0.15) is 0 Å². The van der Waals surface area contributed by atoms with Crippen LogP contribution in [0.1, 0.15) is 184 Å². The van der Waals surface area contributed by atoms with E-state index in [0.717, 1.165) is 76.8 Å². The maximum Gasteiger partial charge on any atom is 0.346 e. The van der Waals surface area contributed by atoms with E-state index >= 15 is 0 Å². The number of hydrogen-bond acceptors (Lipinski definition) is 7. The van der Waals surface area contributed by atoms with Gasteiger partial charge >= 0.3 is 23.9 Å². The predicted molar refractivity (Wildman–Crippen MR) is 223 cm³/mol. The molecule has 0 spiro atoms. The minimum atomic E-state index is -0.644. The highest BCUT2D eigenvalue weighted by Crippen LogP contribution is 2.49. The highest BCUT2D eigenvalue weighted by Gasteiger charge is 2.34. The molecule has 0 aromatic heterocycles. The Morgan fingerprint density at radius 2 is 0.745 bits per heavy atom. The minimum Gasteiger partial charge on any atom is -0.386 e. The van der Waals surface area contributed by atoms with Crippen LogP contribution in [0.2, 0.25) is 0 Å². The summed E-state index contributed by atoms with van der Waals surface area (Å²) >= 11 is 0. The molecule has 2 aliphatic rings. The molecule has 2 heterocycles. The van der Waals surface area contributed by atoms with E-state index in [4.69, 9.17) is 9.47 Å². The fourth-order valence-corrected chi connectivity index (χ4v) is 9.22. The Hall–Kier alpha value is -4.52. The molecule has 0 unspecified atom stereocenters. The number of cyclic esters (lactones) is 4. The molecule has 0 saturated carbocycles. The molecule has 0 N–H and O–H groups in total. The standard InChI is InChI=1S/C48H57NO6/c1-3-5-7-9-11-13-15-17-19-21-29-49(30-22-20-18-16-14-12-10-8-6-4-2)39-31-38-42-37(47(52)55-48(38)53)27-24-33-32-23-26-35-41-36(46(51)54-45(35)50)28-25-34(40(32)41)43(39)44(33)42/h23-28,31H,3-22,29-30H2,1-2H3. The lowest BCUT2D eigenvalue weighted by Crippen LogP contribution is -2.27. The molecule has 55 heavy (non-hydrogen) atoms. The van der Waals surface area contributed by atoms with Crippen molar-refractivity contribution in [1.29, 1.82) is 0 Å². The minimum absolute atomic E-state index is 0.372. The maximum atomic E-state index is 13.6. The van der Waals surface area contributed by atoms with Crippen LogP contribution in [-0.4, -0.2) is 37.0 Å². The molecule has 7 rings (SSSR count). The Labute approximate surface area is 325 Å². The van der Waals surface area contributed by atoms with Gasteiger partial charge in [-0.05, 0) is 58.7 Å². The largest absolute Gasteiger partial charge is 0.386 e. The molecule has 0 atom stereocenters. The van der Waals surface area contributed by atoms with Crippen LogP contribution in [0, 0.1) is 0 Å². The van der Waals surface area contributed by atoms with Crippen molar-refractivity contribution in [3.05, 3.63) is 64.7 Å². The monoisotopic (exact) mass is 743 g/mol. The quantitative estimate of drug-likeness (QED) is 0.0216. The van der Waals surface area contributed by atoms with Crippen molar-refractivity contribution in [3.63, 3.8) is 0 Å². The van der Waals surface area contributed by atoms with E-state index < -0.39 is 23.9 Å². The zero-order valence-electron chi connectivity index (χ0n) is 33.0. The summed E-state index contributed by atoms with van der Waals surface area (Å²) in [6.07, 6.45) is 25.0. The zero-order valence-corrected chi connectivity index (χ0v) is 33.0. The Balaban J connectivity index is 1.25. The first-order valence-corrected chi connectivity index (χ1v) is 21.5. The Kier molecular flexibility index (Phi) is 12.6. The third-order valence-corrected chi connectivity index (χ3v) is 12.1. The number of fused-ring (bicyclic) bond motifs is 2. The van der Waals surface area contributed by atoms with Crippen LogP contribution >= 0.6 is 0 Å². The molecule has 0 bridgehead atoms. The van der Waals surface area contributed by atoms with Crippen LogP contribution in [0.3, 0.4) is 0 Å². The molecule has 2 aliphatic heterocycles. The van der Waals surface area contributed by atoms with Crippen LogP contribution in [-0.2, 0) is 9.47 Å². The number of carbonyl (C=O) groups is 4. The van der Waals surface area contributed by atoms with Crippen molar-refractivity contribution in [2.75, 3.05) is 18.0 Å². The molecular formula is C48H57NO6. The summed E-state index contributed by atoms with van der Waals surface area (Å²) in [6.45, 7) is 6.20. The Morgan fingerprint density at radius 3 is 1.20 bits per heavy atom. The molecule has 0 saturated heterocycles. The number of ether oxygens (including phenoxy) is 2. The van der Waals surface area contributed by atoms with E-state index in [0.29, 0.717) is 33.0 Å². The van der Waals surface area contributed by atoms with Gasteiger partial charge in [0.05, 0.1) is 22.3 Å². The van der Waals surface area contributed by atoms with E-state index in [2.05, 4.69) is 18.7 Å². The number of nitrogens with zero attached hydrogens (tertiary/aromatic N) is 1. The van der Waals surface area contributed by atoms with Crippen molar-refractivity contribution in [1.82, 2.24) is 0 Å². The van der Waals surface area contributed by atoms with Crippen molar-refractivity contribution in [2.24, 2.45) is 0 Å². The number of rotatable bonds is 23. The van der Waals surface area contributed by atoms with Crippen LogP contribution in [0.25, 0.3) is 43.1 Å². The third kappa shape index (κ3) is 7.95. The van der Waals surface area contributed by atoms with Gasteiger partial charge in [-0.2, -0.15) is 0 Å². The van der Waals surface area contributed by atoms with Crippen LogP contribution < -0.4 is 4.90 Å². The van der Waals surface area contributed by atoms with E-state index in [-0.39, 0.29) is 0 Å². The fourth-order valence-electron chi connectivity index (χ4n) is 9.22. The molecule has 5 aromatic rings. The van der Waals surface area contributed by atoms with Crippen LogP contribution in [0.5, 0.6) is 0 Å². The van der Waals surface area contributed by atoms with Crippen LogP contribution in [0.4, 0.5) is 5.69 Å². The number of hydrogen-bond donors (Lipinski definition) is 0. The smallest absolute Gasteiger partial charge is 0.346 e. The van der Waals surface area contributed by atoms with E-state index in [9.17, 15) is 19.2 Å². The second-order valence-corrected chi connectivity index (χ2v) is 16.0. The predicted octanol–water partition coefficient (Wildman–Crippen LogP) is 13.0. The van der Waals surface area contributed by atoms with Gasteiger partial charge in [-0.3, -0.25) is 0 Å². The van der Waals surface area contributed by atoms with Gasteiger partial charge in [0.25, 0.3) is 0 Å². The number of esters is 4. The average molecular weight is 744 g/mol. The van der Waals surface area contributed by atoms with Gasteiger partial charge in [0.2, 0.25) is 0 Å². The van der Waals surface area contributed by atoms with E-state index in [1.807, 2.05) is 24.3 Å². The van der Waals surface area contributed by atoms with Gasteiger partial charge < -0.3 is 14.4 Å². The molecule has 0 radical (unpaired) electrons.